The van der Waals surface area contributed by atoms with Crippen LogP contribution in [0.4, 0.5) is 0 Å². The number of hydrogen-bond acceptors (Lipinski definition) is 3. The standard InChI is InChI=1S/C12H24N2O2/c1-4-7-10(13)11(16)14-8-12(5-2,6-3)9-15/h4,10,15H,1,5-9,13H2,2-3H3,(H,14,16). The average molecular weight is 228 g/mol. The van der Waals surface area contributed by atoms with Gasteiger partial charge in [-0.2, -0.15) is 0 Å². The molecule has 1 amide bonds. The van der Waals surface area contributed by atoms with Gasteiger partial charge in [-0.1, -0.05) is 19.9 Å². The van der Waals surface area contributed by atoms with Crippen molar-refractivity contribution >= 4 is 5.91 Å². The van der Waals surface area contributed by atoms with Crippen LogP contribution < -0.4 is 11.1 Å². The minimum atomic E-state index is -0.539. The van der Waals surface area contributed by atoms with Gasteiger partial charge in [0, 0.05) is 12.0 Å². The fourth-order valence-corrected chi connectivity index (χ4v) is 1.47. The molecule has 0 aromatic heterocycles. The van der Waals surface area contributed by atoms with Crippen LogP contribution in [0.2, 0.25) is 0 Å². The lowest BCUT2D eigenvalue weighted by molar-refractivity contribution is -0.123. The Bertz CT molecular complexity index is 217. The molecule has 0 spiro atoms. The summed E-state index contributed by atoms with van der Waals surface area (Å²) in [5.74, 6) is -0.181. The zero-order valence-corrected chi connectivity index (χ0v) is 10.3. The van der Waals surface area contributed by atoms with Crippen molar-refractivity contribution in [2.24, 2.45) is 11.1 Å². The van der Waals surface area contributed by atoms with Crippen LogP contribution in [-0.4, -0.2) is 30.2 Å². The molecule has 0 bridgehead atoms. The molecule has 94 valence electrons. The number of rotatable bonds is 8. The lowest BCUT2D eigenvalue weighted by Gasteiger charge is -2.30. The molecule has 0 radical (unpaired) electrons. The molecule has 1 unspecified atom stereocenters. The number of amides is 1. The van der Waals surface area contributed by atoms with Crippen LogP contribution in [0.25, 0.3) is 0 Å². The predicted molar refractivity (Wildman–Crippen MR) is 65.9 cm³/mol. The maximum atomic E-state index is 11.6. The molecule has 0 aliphatic heterocycles. The van der Waals surface area contributed by atoms with Gasteiger partial charge in [0.25, 0.3) is 0 Å². The third-order valence-electron chi connectivity index (χ3n) is 3.23. The van der Waals surface area contributed by atoms with Gasteiger partial charge in [-0.15, -0.1) is 6.58 Å². The summed E-state index contributed by atoms with van der Waals surface area (Å²) in [5, 5.41) is 12.1. The quantitative estimate of drug-likeness (QED) is 0.538. The van der Waals surface area contributed by atoms with E-state index in [1.165, 1.54) is 0 Å². The van der Waals surface area contributed by atoms with Crippen molar-refractivity contribution in [2.75, 3.05) is 13.2 Å². The lowest BCUT2D eigenvalue weighted by Crippen LogP contribution is -2.46. The van der Waals surface area contributed by atoms with Crippen molar-refractivity contribution in [1.82, 2.24) is 5.32 Å². The second kappa shape index (κ2) is 7.41. The molecule has 4 heteroatoms. The molecule has 0 fully saturated rings. The minimum Gasteiger partial charge on any atom is -0.396 e. The van der Waals surface area contributed by atoms with Crippen molar-refractivity contribution in [3.63, 3.8) is 0 Å². The van der Waals surface area contributed by atoms with Crippen molar-refractivity contribution in [3.05, 3.63) is 12.7 Å². The average Bonchev–Trinajstić information content (AvgIpc) is 2.31. The fraction of sp³-hybridized carbons (Fsp3) is 0.750. The van der Waals surface area contributed by atoms with Gasteiger partial charge in [0.2, 0.25) is 5.91 Å². The Morgan fingerprint density at radius 3 is 2.50 bits per heavy atom. The van der Waals surface area contributed by atoms with Crippen LogP contribution in [0.15, 0.2) is 12.7 Å². The number of aliphatic hydroxyl groups excluding tert-OH is 1. The van der Waals surface area contributed by atoms with Gasteiger partial charge in [0.05, 0.1) is 12.6 Å². The van der Waals surface area contributed by atoms with Crippen molar-refractivity contribution in [3.8, 4) is 0 Å². The molecule has 16 heavy (non-hydrogen) atoms. The van der Waals surface area contributed by atoms with Crippen LogP contribution in [-0.2, 0) is 4.79 Å². The summed E-state index contributed by atoms with van der Waals surface area (Å²) in [4.78, 5) is 11.6. The minimum absolute atomic E-state index is 0.0803. The molecule has 4 nitrogen and oxygen atoms in total. The van der Waals surface area contributed by atoms with E-state index < -0.39 is 6.04 Å². The molecule has 0 saturated carbocycles. The maximum Gasteiger partial charge on any atom is 0.237 e. The number of nitrogens with one attached hydrogen (secondary N) is 1. The van der Waals surface area contributed by atoms with E-state index in [0.29, 0.717) is 13.0 Å². The van der Waals surface area contributed by atoms with Crippen LogP contribution in [0, 0.1) is 5.41 Å². The molecular formula is C12H24N2O2. The summed E-state index contributed by atoms with van der Waals surface area (Å²) in [5.41, 5.74) is 5.42. The van der Waals surface area contributed by atoms with Crippen molar-refractivity contribution < 1.29 is 9.90 Å². The Hall–Kier alpha value is -0.870. The third-order valence-corrected chi connectivity index (χ3v) is 3.23. The van der Waals surface area contributed by atoms with E-state index in [-0.39, 0.29) is 17.9 Å². The van der Waals surface area contributed by atoms with E-state index in [9.17, 15) is 9.90 Å². The number of hydrogen-bond donors (Lipinski definition) is 3. The first-order valence-corrected chi connectivity index (χ1v) is 5.80. The number of aliphatic hydroxyl groups is 1. The smallest absolute Gasteiger partial charge is 0.237 e. The molecule has 0 aliphatic rings. The van der Waals surface area contributed by atoms with Gasteiger partial charge in [-0.25, -0.2) is 0 Å². The molecular weight excluding hydrogens is 204 g/mol. The summed E-state index contributed by atoms with van der Waals surface area (Å²) in [7, 11) is 0. The molecule has 0 rings (SSSR count). The van der Waals surface area contributed by atoms with Gasteiger partial charge in [0.15, 0.2) is 0 Å². The summed E-state index contributed by atoms with van der Waals surface area (Å²) in [6.07, 6.45) is 3.76. The molecule has 0 aliphatic carbocycles. The Labute approximate surface area is 97.9 Å². The Morgan fingerprint density at radius 2 is 2.12 bits per heavy atom. The van der Waals surface area contributed by atoms with Gasteiger partial charge in [-0.3, -0.25) is 4.79 Å². The first-order chi connectivity index (χ1) is 7.55. The van der Waals surface area contributed by atoms with Crippen LogP contribution in [0.3, 0.4) is 0 Å². The first kappa shape index (κ1) is 15.1. The zero-order valence-electron chi connectivity index (χ0n) is 10.3. The van der Waals surface area contributed by atoms with Gasteiger partial charge in [-0.05, 0) is 19.3 Å². The molecule has 4 N–H and O–H groups in total. The highest BCUT2D eigenvalue weighted by Gasteiger charge is 2.26. The Morgan fingerprint density at radius 1 is 1.56 bits per heavy atom. The topological polar surface area (TPSA) is 75.4 Å². The highest BCUT2D eigenvalue weighted by molar-refractivity contribution is 5.81. The normalized spacial score (nSPS) is 13.2. The Balaban J connectivity index is 4.20. The van der Waals surface area contributed by atoms with E-state index in [4.69, 9.17) is 5.73 Å². The van der Waals surface area contributed by atoms with Gasteiger partial charge < -0.3 is 16.2 Å². The Kier molecular flexibility index (Phi) is 7.01. The van der Waals surface area contributed by atoms with Crippen LogP contribution in [0.5, 0.6) is 0 Å². The highest BCUT2D eigenvalue weighted by Crippen LogP contribution is 2.24. The van der Waals surface area contributed by atoms with Gasteiger partial charge in [0.1, 0.15) is 0 Å². The summed E-state index contributed by atoms with van der Waals surface area (Å²) < 4.78 is 0. The van der Waals surface area contributed by atoms with Gasteiger partial charge >= 0.3 is 0 Å². The number of nitrogens with two attached hydrogens (primary N) is 1. The predicted octanol–water partition coefficient (Wildman–Crippen LogP) is 0.805. The molecule has 0 heterocycles. The monoisotopic (exact) mass is 228 g/mol. The lowest BCUT2D eigenvalue weighted by atomic mass is 9.83. The highest BCUT2D eigenvalue weighted by atomic mass is 16.3. The molecule has 0 aromatic rings. The van der Waals surface area contributed by atoms with Crippen LogP contribution in [0.1, 0.15) is 33.1 Å². The number of carbonyl (C=O) groups is 1. The summed E-state index contributed by atoms with van der Waals surface area (Å²) in [6.45, 7) is 8.11. The van der Waals surface area contributed by atoms with E-state index in [2.05, 4.69) is 11.9 Å². The zero-order chi connectivity index (χ0) is 12.6. The van der Waals surface area contributed by atoms with E-state index in [1.807, 2.05) is 13.8 Å². The van der Waals surface area contributed by atoms with Crippen molar-refractivity contribution in [1.29, 1.82) is 0 Å². The molecule has 0 saturated heterocycles. The van der Waals surface area contributed by atoms with E-state index in [0.717, 1.165) is 12.8 Å². The largest absolute Gasteiger partial charge is 0.396 e. The van der Waals surface area contributed by atoms with E-state index >= 15 is 0 Å². The first-order valence-electron chi connectivity index (χ1n) is 5.80. The van der Waals surface area contributed by atoms with Crippen molar-refractivity contribution in [2.45, 2.75) is 39.2 Å². The molecule has 0 aromatic carbocycles. The second-order valence-corrected chi connectivity index (χ2v) is 4.21. The second-order valence-electron chi connectivity index (χ2n) is 4.21. The summed E-state index contributed by atoms with van der Waals surface area (Å²) >= 11 is 0. The summed E-state index contributed by atoms with van der Waals surface area (Å²) in [6, 6.07) is -0.539. The molecule has 1 atom stereocenters. The fourth-order valence-electron chi connectivity index (χ4n) is 1.47. The SMILES string of the molecule is C=CCC(N)C(=O)NCC(CC)(CC)CO. The third kappa shape index (κ3) is 4.33. The van der Waals surface area contributed by atoms with E-state index in [1.54, 1.807) is 6.08 Å². The number of carbonyl (C=O) groups excluding carboxylic acids is 1. The maximum absolute atomic E-state index is 11.6. The van der Waals surface area contributed by atoms with Crippen LogP contribution >= 0.6 is 0 Å².